The molecule has 1 amide bonds. The summed E-state index contributed by atoms with van der Waals surface area (Å²) in [5.41, 5.74) is 1.25. The second kappa shape index (κ2) is 8.68. The third kappa shape index (κ3) is 5.04. The maximum atomic E-state index is 12.7. The van der Waals surface area contributed by atoms with Crippen molar-refractivity contribution in [2.45, 2.75) is 36.0 Å². The Morgan fingerprint density at radius 1 is 1.33 bits per heavy atom. The topological polar surface area (TPSA) is 53.6 Å². The molecule has 2 N–H and O–H groups in total. The summed E-state index contributed by atoms with van der Waals surface area (Å²) >= 11 is 2.88. The smallest absolute Gasteiger partial charge is 0.422 e. The van der Waals surface area contributed by atoms with Gasteiger partial charge in [-0.3, -0.25) is 9.69 Å². The number of amides is 1. The molecular formula is C20H22F3N3O2S2. The number of carbonyl (C=O) groups is 1. The molecule has 2 aliphatic heterocycles. The van der Waals surface area contributed by atoms with Gasteiger partial charge in [0, 0.05) is 28.5 Å². The monoisotopic (exact) mass is 457 g/mol. The van der Waals surface area contributed by atoms with Crippen LogP contribution in [0.1, 0.15) is 24.3 Å². The van der Waals surface area contributed by atoms with Crippen LogP contribution in [0.2, 0.25) is 0 Å². The van der Waals surface area contributed by atoms with Gasteiger partial charge in [0.15, 0.2) is 11.7 Å². The summed E-state index contributed by atoms with van der Waals surface area (Å²) in [5.74, 6) is -0.142. The maximum absolute atomic E-state index is 12.7. The van der Waals surface area contributed by atoms with Gasteiger partial charge in [0.1, 0.15) is 5.50 Å². The van der Waals surface area contributed by atoms with Crippen molar-refractivity contribution in [2.75, 3.05) is 25.0 Å². The van der Waals surface area contributed by atoms with Crippen LogP contribution in [0.3, 0.4) is 0 Å². The summed E-state index contributed by atoms with van der Waals surface area (Å²) in [7, 11) is 0. The number of nitrogens with one attached hydrogen (secondary N) is 2. The van der Waals surface area contributed by atoms with Crippen LogP contribution in [-0.2, 0) is 4.79 Å². The SMILES string of the molecule is CC(NC(=O)C1CCN(C2Nc3ccccc3S2)C1)c1ccc(OCC(F)(F)F)s1. The van der Waals surface area contributed by atoms with Crippen molar-refractivity contribution < 1.29 is 22.7 Å². The van der Waals surface area contributed by atoms with E-state index in [1.807, 2.05) is 19.1 Å². The zero-order valence-electron chi connectivity index (χ0n) is 16.2. The number of alkyl halides is 3. The molecule has 0 bridgehead atoms. The normalized spacial score (nSPS) is 22.4. The summed E-state index contributed by atoms with van der Waals surface area (Å²) in [4.78, 5) is 17.0. The Labute approximate surface area is 181 Å². The van der Waals surface area contributed by atoms with Crippen LogP contribution in [0.25, 0.3) is 0 Å². The molecule has 10 heteroatoms. The predicted molar refractivity (Wildman–Crippen MR) is 112 cm³/mol. The van der Waals surface area contributed by atoms with Crippen LogP contribution in [0.5, 0.6) is 5.06 Å². The fraction of sp³-hybridized carbons (Fsp3) is 0.450. The standard InChI is InChI=1S/C20H22F3N3O2S2/c1-12(15-6-7-17(29-15)28-11-20(21,22)23)24-18(27)13-8-9-26(10-13)19-25-14-4-2-3-5-16(14)30-19/h2-7,12-13,19,25H,8-11H2,1H3,(H,24,27). The zero-order valence-corrected chi connectivity index (χ0v) is 17.9. The van der Waals surface area contributed by atoms with Crippen molar-refractivity contribution in [1.82, 2.24) is 10.2 Å². The van der Waals surface area contributed by atoms with Crippen molar-refractivity contribution in [3.8, 4) is 5.06 Å². The number of anilines is 1. The number of hydrogen-bond acceptors (Lipinski definition) is 6. The Kier molecular flexibility index (Phi) is 6.17. The minimum Gasteiger partial charge on any atom is -0.475 e. The molecule has 2 aliphatic rings. The van der Waals surface area contributed by atoms with Crippen LogP contribution in [0.15, 0.2) is 41.3 Å². The van der Waals surface area contributed by atoms with Crippen molar-refractivity contribution in [3.63, 3.8) is 0 Å². The minimum atomic E-state index is -4.37. The van der Waals surface area contributed by atoms with E-state index in [1.54, 1.807) is 17.8 Å². The molecule has 2 aromatic rings. The zero-order chi connectivity index (χ0) is 21.3. The van der Waals surface area contributed by atoms with Gasteiger partial charge >= 0.3 is 6.18 Å². The number of hydrogen-bond donors (Lipinski definition) is 2. The summed E-state index contributed by atoms with van der Waals surface area (Å²) in [6, 6.07) is 11.1. The number of para-hydroxylation sites is 1. The van der Waals surface area contributed by atoms with E-state index in [-0.39, 0.29) is 28.4 Å². The Morgan fingerprint density at radius 3 is 2.90 bits per heavy atom. The molecule has 3 unspecified atom stereocenters. The van der Waals surface area contributed by atoms with E-state index in [1.165, 1.54) is 11.0 Å². The molecule has 0 spiro atoms. The van der Waals surface area contributed by atoms with Crippen molar-refractivity contribution in [3.05, 3.63) is 41.3 Å². The van der Waals surface area contributed by atoms with Gasteiger partial charge in [0.2, 0.25) is 5.91 Å². The first kappa shape index (κ1) is 21.3. The number of fused-ring (bicyclic) bond motifs is 1. The first-order valence-corrected chi connectivity index (χ1v) is 11.3. The number of rotatable bonds is 6. The summed E-state index contributed by atoms with van der Waals surface area (Å²) < 4.78 is 41.6. The van der Waals surface area contributed by atoms with Crippen molar-refractivity contribution in [1.29, 1.82) is 0 Å². The number of likely N-dealkylation sites (tertiary alicyclic amines) is 1. The van der Waals surface area contributed by atoms with Gasteiger partial charge < -0.3 is 15.4 Å². The number of nitrogens with zero attached hydrogens (tertiary/aromatic N) is 1. The lowest BCUT2D eigenvalue weighted by atomic mass is 10.1. The summed E-state index contributed by atoms with van der Waals surface area (Å²) in [6.45, 7) is 2.01. The van der Waals surface area contributed by atoms with E-state index in [2.05, 4.69) is 27.7 Å². The molecule has 30 heavy (non-hydrogen) atoms. The predicted octanol–water partition coefficient (Wildman–Crippen LogP) is 4.69. The van der Waals surface area contributed by atoms with E-state index < -0.39 is 12.8 Å². The average Bonchev–Trinajstić information content (AvgIpc) is 3.44. The van der Waals surface area contributed by atoms with Gasteiger partial charge in [-0.05, 0) is 37.6 Å². The van der Waals surface area contributed by atoms with Crippen molar-refractivity contribution >= 4 is 34.7 Å². The first-order valence-electron chi connectivity index (χ1n) is 9.64. The molecule has 3 atom stereocenters. The largest absolute Gasteiger partial charge is 0.475 e. The average molecular weight is 458 g/mol. The molecule has 1 saturated heterocycles. The van der Waals surface area contributed by atoms with Crippen LogP contribution < -0.4 is 15.4 Å². The number of carbonyl (C=O) groups excluding carboxylic acids is 1. The van der Waals surface area contributed by atoms with E-state index >= 15 is 0 Å². The van der Waals surface area contributed by atoms with E-state index in [0.29, 0.717) is 6.54 Å². The molecule has 5 nitrogen and oxygen atoms in total. The third-order valence-corrected chi connectivity index (χ3v) is 7.52. The molecule has 162 valence electrons. The highest BCUT2D eigenvalue weighted by Gasteiger charge is 2.35. The molecular weight excluding hydrogens is 435 g/mol. The Hall–Kier alpha value is -1.91. The summed E-state index contributed by atoms with van der Waals surface area (Å²) in [5, 5.41) is 6.68. The van der Waals surface area contributed by atoms with E-state index in [0.717, 1.165) is 34.9 Å². The van der Waals surface area contributed by atoms with Crippen LogP contribution >= 0.6 is 23.1 Å². The van der Waals surface area contributed by atoms with E-state index in [9.17, 15) is 18.0 Å². The van der Waals surface area contributed by atoms with Gasteiger partial charge in [-0.25, -0.2) is 0 Å². The van der Waals surface area contributed by atoms with Crippen molar-refractivity contribution in [2.24, 2.45) is 5.92 Å². The highest BCUT2D eigenvalue weighted by atomic mass is 32.2. The molecule has 3 heterocycles. The van der Waals surface area contributed by atoms with Gasteiger partial charge in [-0.15, -0.1) is 11.3 Å². The van der Waals surface area contributed by atoms with Gasteiger partial charge in [-0.1, -0.05) is 23.9 Å². The molecule has 0 saturated carbocycles. The van der Waals surface area contributed by atoms with Crippen LogP contribution in [0, 0.1) is 5.92 Å². The quantitative estimate of drug-likeness (QED) is 0.659. The molecule has 0 radical (unpaired) electrons. The molecule has 1 fully saturated rings. The van der Waals surface area contributed by atoms with Gasteiger partial charge in [0.05, 0.1) is 12.0 Å². The lowest BCUT2D eigenvalue weighted by Crippen LogP contribution is -2.38. The molecule has 0 aliphatic carbocycles. The lowest BCUT2D eigenvalue weighted by Gasteiger charge is -2.23. The second-order valence-electron chi connectivity index (χ2n) is 7.38. The first-order chi connectivity index (χ1) is 14.3. The molecule has 4 rings (SSSR count). The Bertz CT molecular complexity index is 880. The minimum absolute atomic E-state index is 0.0309. The number of halogens is 3. The fourth-order valence-corrected chi connectivity index (χ4v) is 5.59. The number of benzene rings is 1. The number of ether oxygens (including phenoxy) is 1. The number of thioether (sulfide) groups is 1. The Balaban J connectivity index is 1.27. The highest BCUT2D eigenvalue weighted by Crippen LogP contribution is 2.41. The second-order valence-corrected chi connectivity index (χ2v) is 9.58. The molecule has 1 aromatic heterocycles. The van der Waals surface area contributed by atoms with Crippen LogP contribution in [0.4, 0.5) is 18.9 Å². The molecule has 1 aromatic carbocycles. The van der Waals surface area contributed by atoms with E-state index in [4.69, 9.17) is 4.74 Å². The third-order valence-electron chi connectivity index (χ3n) is 5.09. The fourth-order valence-electron chi connectivity index (χ4n) is 3.55. The summed E-state index contributed by atoms with van der Waals surface area (Å²) in [6.07, 6.45) is -3.59. The number of thiophene rings is 1. The van der Waals surface area contributed by atoms with Gasteiger partial charge in [-0.2, -0.15) is 13.2 Å². The van der Waals surface area contributed by atoms with Gasteiger partial charge in [0.25, 0.3) is 0 Å². The Morgan fingerprint density at radius 2 is 2.13 bits per heavy atom. The maximum Gasteiger partial charge on any atom is 0.422 e. The van der Waals surface area contributed by atoms with Crippen LogP contribution in [-0.4, -0.2) is 42.2 Å². The lowest BCUT2D eigenvalue weighted by molar-refractivity contribution is -0.152. The highest BCUT2D eigenvalue weighted by molar-refractivity contribution is 8.00.